The summed E-state index contributed by atoms with van der Waals surface area (Å²) in [6, 6.07) is 16.2. The number of benzene rings is 2. The minimum Gasteiger partial charge on any atom is -0.376 e. The number of para-hydroxylation sites is 2. The van der Waals surface area contributed by atoms with E-state index in [1.807, 2.05) is 18.2 Å². The summed E-state index contributed by atoms with van der Waals surface area (Å²) >= 11 is 0. The van der Waals surface area contributed by atoms with Gasteiger partial charge in [0.2, 0.25) is 11.8 Å². The molecular weight excluding hydrogens is 316 g/mol. The second-order valence-electron chi connectivity index (χ2n) is 6.31. The maximum atomic E-state index is 12.9. The largest absolute Gasteiger partial charge is 0.376 e. The molecule has 1 aliphatic heterocycles. The molecule has 0 atom stereocenters. The molecule has 0 saturated carbocycles. The number of nitrogens with one attached hydrogen (secondary N) is 2. The molecule has 2 aromatic rings. The van der Waals surface area contributed by atoms with Gasteiger partial charge < -0.3 is 10.6 Å². The van der Waals surface area contributed by atoms with Gasteiger partial charge >= 0.3 is 0 Å². The van der Waals surface area contributed by atoms with Gasteiger partial charge in [-0.05, 0) is 44.2 Å². The van der Waals surface area contributed by atoms with Crippen molar-refractivity contribution < 1.29 is 9.59 Å². The topological polar surface area (TPSA) is 85.2 Å². The Hall–Kier alpha value is -3.33. The average Bonchev–Trinajstić information content (AvgIpc) is 2.61. The van der Waals surface area contributed by atoms with Crippen LogP contribution in [0.1, 0.15) is 19.4 Å². The first kappa shape index (κ1) is 16.5. The molecule has 2 N–H and O–H groups in total. The number of amides is 2. The number of carbonyl (C=O) groups is 2. The summed E-state index contributed by atoms with van der Waals surface area (Å²) in [6.45, 7) is 3.44. The first-order chi connectivity index (χ1) is 11.9. The van der Waals surface area contributed by atoms with Crippen molar-refractivity contribution in [3.8, 4) is 6.07 Å². The van der Waals surface area contributed by atoms with Gasteiger partial charge in [0.25, 0.3) is 0 Å². The second-order valence-corrected chi connectivity index (χ2v) is 6.31. The van der Waals surface area contributed by atoms with Crippen LogP contribution in [0.2, 0.25) is 0 Å². The van der Waals surface area contributed by atoms with Gasteiger partial charge in [-0.1, -0.05) is 18.2 Å². The lowest BCUT2D eigenvalue weighted by molar-refractivity contribution is -0.125. The Morgan fingerprint density at radius 2 is 2.00 bits per heavy atom. The fourth-order valence-corrected chi connectivity index (χ4v) is 2.85. The van der Waals surface area contributed by atoms with Crippen molar-refractivity contribution in [1.82, 2.24) is 0 Å². The van der Waals surface area contributed by atoms with Crippen LogP contribution in [0.5, 0.6) is 0 Å². The van der Waals surface area contributed by atoms with E-state index in [1.54, 1.807) is 44.2 Å². The van der Waals surface area contributed by atoms with Gasteiger partial charge in [0.15, 0.2) is 0 Å². The highest BCUT2D eigenvalue weighted by Crippen LogP contribution is 2.36. The summed E-state index contributed by atoms with van der Waals surface area (Å²) < 4.78 is 0. The van der Waals surface area contributed by atoms with Crippen molar-refractivity contribution in [3.63, 3.8) is 0 Å². The SMILES string of the molecule is CC1(C)C(=O)Nc2ccccc2N1C(=O)CNc1cccc(C#N)c1. The quantitative estimate of drug-likeness (QED) is 0.904. The molecule has 0 aromatic heterocycles. The van der Waals surface area contributed by atoms with Crippen LogP contribution in [-0.2, 0) is 9.59 Å². The molecule has 0 fully saturated rings. The molecule has 0 radical (unpaired) electrons. The number of carbonyl (C=O) groups excluding carboxylic acids is 2. The van der Waals surface area contributed by atoms with Gasteiger partial charge in [0, 0.05) is 5.69 Å². The molecule has 0 spiro atoms. The van der Waals surface area contributed by atoms with Crippen LogP contribution < -0.4 is 15.5 Å². The molecule has 6 nitrogen and oxygen atoms in total. The number of anilines is 3. The number of rotatable bonds is 3. The lowest BCUT2D eigenvalue weighted by Gasteiger charge is -2.42. The average molecular weight is 334 g/mol. The number of nitrogens with zero attached hydrogens (tertiary/aromatic N) is 2. The summed E-state index contributed by atoms with van der Waals surface area (Å²) in [7, 11) is 0. The fraction of sp³-hybridized carbons (Fsp3) is 0.211. The first-order valence-electron chi connectivity index (χ1n) is 7.91. The number of nitriles is 1. The molecule has 2 amide bonds. The van der Waals surface area contributed by atoms with Crippen LogP contribution in [0.4, 0.5) is 17.1 Å². The Morgan fingerprint density at radius 3 is 2.76 bits per heavy atom. The summed E-state index contributed by atoms with van der Waals surface area (Å²) in [5, 5.41) is 14.8. The lowest BCUT2D eigenvalue weighted by atomic mass is 9.96. The zero-order valence-electron chi connectivity index (χ0n) is 14.0. The summed E-state index contributed by atoms with van der Waals surface area (Å²) in [5.74, 6) is -0.458. The van der Waals surface area contributed by atoms with E-state index in [2.05, 4.69) is 16.7 Å². The van der Waals surface area contributed by atoms with Crippen molar-refractivity contribution in [3.05, 3.63) is 54.1 Å². The lowest BCUT2D eigenvalue weighted by Crippen LogP contribution is -2.59. The van der Waals surface area contributed by atoms with Crippen LogP contribution in [0, 0.1) is 11.3 Å². The zero-order chi connectivity index (χ0) is 18.0. The van der Waals surface area contributed by atoms with Crippen LogP contribution >= 0.6 is 0 Å². The Kier molecular flexibility index (Phi) is 4.15. The van der Waals surface area contributed by atoms with Crippen LogP contribution in [-0.4, -0.2) is 23.9 Å². The van der Waals surface area contributed by atoms with Gasteiger partial charge in [-0.2, -0.15) is 5.26 Å². The van der Waals surface area contributed by atoms with E-state index in [0.717, 1.165) is 0 Å². The van der Waals surface area contributed by atoms with Gasteiger partial charge in [-0.25, -0.2) is 0 Å². The van der Waals surface area contributed by atoms with E-state index in [9.17, 15) is 9.59 Å². The number of fused-ring (bicyclic) bond motifs is 1. The molecule has 3 rings (SSSR count). The van der Waals surface area contributed by atoms with E-state index >= 15 is 0 Å². The van der Waals surface area contributed by atoms with E-state index < -0.39 is 5.54 Å². The third-order valence-corrected chi connectivity index (χ3v) is 4.19. The van der Waals surface area contributed by atoms with Gasteiger partial charge in [-0.3, -0.25) is 14.5 Å². The molecule has 6 heteroatoms. The molecule has 0 unspecified atom stereocenters. The fourth-order valence-electron chi connectivity index (χ4n) is 2.85. The highest BCUT2D eigenvalue weighted by Gasteiger charge is 2.43. The number of hydrogen-bond acceptors (Lipinski definition) is 4. The minimum absolute atomic E-state index is 0.0138. The molecular formula is C19H18N4O2. The van der Waals surface area contributed by atoms with Crippen LogP contribution in [0.15, 0.2) is 48.5 Å². The molecule has 126 valence electrons. The minimum atomic E-state index is -0.998. The van der Waals surface area contributed by atoms with E-state index in [4.69, 9.17) is 5.26 Å². The summed E-state index contributed by atoms with van der Waals surface area (Å²) in [5.41, 5.74) is 1.48. The van der Waals surface area contributed by atoms with Crippen molar-refractivity contribution in [1.29, 1.82) is 5.26 Å². The maximum Gasteiger partial charge on any atom is 0.250 e. The molecule has 25 heavy (non-hydrogen) atoms. The highest BCUT2D eigenvalue weighted by atomic mass is 16.2. The van der Waals surface area contributed by atoms with E-state index in [0.29, 0.717) is 22.6 Å². The van der Waals surface area contributed by atoms with E-state index in [-0.39, 0.29) is 18.4 Å². The summed E-state index contributed by atoms with van der Waals surface area (Å²) in [4.78, 5) is 26.8. The van der Waals surface area contributed by atoms with Gasteiger partial charge in [-0.15, -0.1) is 0 Å². The predicted molar refractivity (Wildman–Crippen MR) is 96.3 cm³/mol. The van der Waals surface area contributed by atoms with Crippen molar-refractivity contribution in [2.45, 2.75) is 19.4 Å². The van der Waals surface area contributed by atoms with Crippen molar-refractivity contribution >= 4 is 28.9 Å². The Balaban J connectivity index is 1.85. The Labute approximate surface area is 146 Å². The van der Waals surface area contributed by atoms with Crippen molar-refractivity contribution in [2.24, 2.45) is 0 Å². The standard InChI is InChI=1S/C19H18N4O2/c1-19(2)18(25)22-15-8-3-4-9-16(15)23(19)17(24)12-21-14-7-5-6-13(10-14)11-20/h3-10,21H,12H2,1-2H3,(H,22,25). The third kappa shape index (κ3) is 3.04. The molecule has 0 bridgehead atoms. The Bertz CT molecular complexity index is 883. The molecule has 1 aliphatic rings. The van der Waals surface area contributed by atoms with Crippen molar-refractivity contribution in [2.75, 3.05) is 22.1 Å². The van der Waals surface area contributed by atoms with Crippen LogP contribution in [0.3, 0.4) is 0 Å². The maximum absolute atomic E-state index is 12.9. The molecule has 0 aliphatic carbocycles. The molecule has 1 heterocycles. The van der Waals surface area contributed by atoms with E-state index in [1.165, 1.54) is 4.90 Å². The first-order valence-corrected chi connectivity index (χ1v) is 7.91. The predicted octanol–water partition coefficient (Wildman–Crippen LogP) is 2.73. The normalized spacial score (nSPS) is 14.9. The molecule has 0 saturated heterocycles. The zero-order valence-corrected chi connectivity index (χ0v) is 14.0. The smallest absolute Gasteiger partial charge is 0.250 e. The number of hydrogen-bond donors (Lipinski definition) is 2. The summed E-state index contributed by atoms with van der Waals surface area (Å²) in [6.07, 6.45) is 0. The molecule has 2 aromatic carbocycles. The van der Waals surface area contributed by atoms with Crippen LogP contribution in [0.25, 0.3) is 0 Å². The third-order valence-electron chi connectivity index (χ3n) is 4.19. The Morgan fingerprint density at radius 1 is 1.24 bits per heavy atom. The van der Waals surface area contributed by atoms with Gasteiger partial charge in [0.1, 0.15) is 5.54 Å². The highest BCUT2D eigenvalue weighted by molar-refractivity contribution is 6.14. The monoisotopic (exact) mass is 334 g/mol. The second kappa shape index (κ2) is 6.29. The van der Waals surface area contributed by atoms with Gasteiger partial charge in [0.05, 0.1) is 29.6 Å².